The fraction of sp³-hybridized carbons (Fsp3) is 0.933. The van der Waals surface area contributed by atoms with Crippen molar-refractivity contribution in [1.82, 2.24) is 10.6 Å². The van der Waals surface area contributed by atoms with Gasteiger partial charge in [-0.2, -0.15) is 0 Å². The van der Waals surface area contributed by atoms with Gasteiger partial charge in [0.05, 0.1) is 6.10 Å². The maximum Gasteiger partial charge on any atom is 0.191 e. The van der Waals surface area contributed by atoms with Gasteiger partial charge in [0, 0.05) is 26.2 Å². The Morgan fingerprint density at radius 1 is 1.30 bits per heavy atom. The lowest BCUT2D eigenvalue weighted by molar-refractivity contribution is 0.0277. The Balaban J connectivity index is 0.00000361. The smallest absolute Gasteiger partial charge is 0.191 e. The SMILES string of the molecule is CCC(C)NC(=NC)NCCCOC1CCCCC1.I. The van der Waals surface area contributed by atoms with E-state index in [0.29, 0.717) is 12.1 Å². The molecule has 4 nitrogen and oxygen atoms in total. The summed E-state index contributed by atoms with van der Waals surface area (Å²) < 4.78 is 5.90. The lowest BCUT2D eigenvalue weighted by Crippen LogP contribution is -2.42. The molecule has 1 atom stereocenters. The van der Waals surface area contributed by atoms with Crippen molar-refractivity contribution in [3.8, 4) is 0 Å². The van der Waals surface area contributed by atoms with E-state index in [9.17, 15) is 0 Å². The third-order valence-electron chi connectivity index (χ3n) is 3.74. The summed E-state index contributed by atoms with van der Waals surface area (Å²) in [5.41, 5.74) is 0. The predicted molar refractivity (Wildman–Crippen MR) is 97.1 cm³/mol. The van der Waals surface area contributed by atoms with E-state index in [4.69, 9.17) is 4.74 Å². The molecular weight excluding hydrogens is 365 g/mol. The molecule has 2 N–H and O–H groups in total. The van der Waals surface area contributed by atoms with Gasteiger partial charge in [0.15, 0.2) is 5.96 Å². The molecule has 0 bridgehead atoms. The second-order valence-corrected chi connectivity index (χ2v) is 5.44. The van der Waals surface area contributed by atoms with Gasteiger partial charge in [-0.3, -0.25) is 4.99 Å². The maximum absolute atomic E-state index is 5.90. The van der Waals surface area contributed by atoms with Gasteiger partial charge in [-0.1, -0.05) is 26.2 Å². The molecule has 0 aromatic carbocycles. The minimum atomic E-state index is 0. The number of ether oxygens (including phenoxy) is 1. The Labute approximate surface area is 141 Å². The van der Waals surface area contributed by atoms with Crippen molar-refractivity contribution in [2.75, 3.05) is 20.2 Å². The molecule has 1 unspecified atom stereocenters. The summed E-state index contributed by atoms with van der Waals surface area (Å²) in [6, 6.07) is 0.463. The normalized spacial score (nSPS) is 18.2. The number of hydrogen-bond acceptors (Lipinski definition) is 2. The highest BCUT2D eigenvalue weighted by Gasteiger charge is 2.12. The molecule has 0 saturated heterocycles. The van der Waals surface area contributed by atoms with Crippen LogP contribution in [0, 0.1) is 0 Å². The van der Waals surface area contributed by atoms with Crippen LogP contribution in [0.2, 0.25) is 0 Å². The largest absolute Gasteiger partial charge is 0.378 e. The van der Waals surface area contributed by atoms with Crippen LogP contribution in [0.3, 0.4) is 0 Å². The first-order chi connectivity index (χ1) is 9.26. The molecule has 0 aromatic heterocycles. The van der Waals surface area contributed by atoms with Crippen molar-refractivity contribution in [2.45, 2.75) is 70.9 Å². The number of hydrogen-bond donors (Lipinski definition) is 2. The van der Waals surface area contributed by atoms with E-state index in [2.05, 4.69) is 29.5 Å². The summed E-state index contributed by atoms with van der Waals surface area (Å²) >= 11 is 0. The van der Waals surface area contributed by atoms with Gasteiger partial charge in [0.2, 0.25) is 0 Å². The molecule has 0 radical (unpaired) electrons. The Morgan fingerprint density at radius 3 is 2.60 bits per heavy atom. The van der Waals surface area contributed by atoms with Gasteiger partial charge >= 0.3 is 0 Å². The highest BCUT2D eigenvalue weighted by atomic mass is 127. The number of halogens is 1. The van der Waals surface area contributed by atoms with Crippen molar-refractivity contribution in [3.05, 3.63) is 0 Å². The lowest BCUT2D eigenvalue weighted by Gasteiger charge is -2.22. The number of rotatable bonds is 7. The fourth-order valence-corrected chi connectivity index (χ4v) is 2.29. The van der Waals surface area contributed by atoms with Gasteiger partial charge in [0.25, 0.3) is 0 Å². The molecule has 1 aliphatic carbocycles. The molecule has 0 spiro atoms. The van der Waals surface area contributed by atoms with E-state index in [1.807, 2.05) is 7.05 Å². The second kappa shape index (κ2) is 12.7. The third-order valence-corrected chi connectivity index (χ3v) is 3.74. The number of nitrogens with one attached hydrogen (secondary N) is 2. The van der Waals surface area contributed by atoms with Gasteiger partial charge in [0.1, 0.15) is 0 Å². The average Bonchev–Trinajstić information content (AvgIpc) is 2.46. The maximum atomic E-state index is 5.90. The van der Waals surface area contributed by atoms with Crippen LogP contribution >= 0.6 is 24.0 Å². The number of guanidine groups is 1. The van der Waals surface area contributed by atoms with Crippen LogP contribution in [0.15, 0.2) is 4.99 Å². The quantitative estimate of drug-likeness (QED) is 0.300. The zero-order valence-electron chi connectivity index (χ0n) is 13.3. The van der Waals surface area contributed by atoms with E-state index in [0.717, 1.165) is 32.0 Å². The van der Waals surface area contributed by atoms with E-state index in [-0.39, 0.29) is 24.0 Å². The Bertz CT molecular complexity index is 256. The van der Waals surface area contributed by atoms with E-state index in [1.54, 1.807) is 0 Å². The van der Waals surface area contributed by atoms with Crippen molar-refractivity contribution >= 4 is 29.9 Å². The highest BCUT2D eigenvalue weighted by Crippen LogP contribution is 2.20. The average molecular weight is 397 g/mol. The van der Waals surface area contributed by atoms with Crippen LogP contribution in [-0.4, -0.2) is 38.3 Å². The zero-order valence-corrected chi connectivity index (χ0v) is 15.6. The van der Waals surface area contributed by atoms with Crippen molar-refractivity contribution in [1.29, 1.82) is 0 Å². The second-order valence-electron chi connectivity index (χ2n) is 5.44. The first kappa shape index (κ1) is 20.0. The van der Waals surface area contributed by atoms with Gasteiger partial charge in [-0.05, 0) is 32.6 Å². The third kappa shape index (κ3) is 9.00. The molecule has 0 aliphatic heterocycles. The highest BCUT2D eigenvalue weighted by molar-refractivity contribution is 14.0. The topological polar surface area (TPSA) is 45.7 Å². The minimum Gasteiger partial charge on any atom is -0.378 e. The molecule has 1 fully saturated rings. The van der Waals surface area contributed by atoms with E-state index in [1.165, 1.54) is 32.1 Å². The summed E-state index contributed by atoms with van der Waals surface area (Å²) in [5.74, 6) is 0.895. The molecule has 1 rings (SSSR count). The Kier molecular flexibility index (Phi) is 12.7. The van der Waals surface area contributed by atoms with E-state index < -0.39 is 0 Å². The summed E-state index contributed by atoms with van der Waals surface area (Å²) in [7, 11) is 1.82. The molecular formula is C15H32IN3O. The monoisotopic (exact) mass is 397 g/mol. The molecule has 0 heterocycles. The van der Waals surface area contributed by atoms with Crippen LogP contribution in [0.5, 0.6) is 0 Å². The lowest BCUT2D eigenvalue weighted by atomic mass is 9.98. The zero-order chi connectivity index (χ0) is 13.9. The van der Waals surface area contributed by atoms with Crippen LogP contribution in [0.1, 0.15) is 58.8 Å². The molecule has 1 aliphatic rings. The molecule has 0 aromatic rings. The summed E-state index contributed by atoms with van der Waals surface area (Å²) in [6.07, 6.45) is 9.24. The molecule has 0 amide bonds. The predicted octanol–water partition coefficient (Wildman–Crippen LogP) is 3.31. The fourth-order valence-electron chi connectivity index (χ4n) is 2.29. The van der Waals surface area contributed by atoms with Gasteiger partial charge in [-0.25, -0.2) is 0 Å². The first-order valence-electron chi connectivity index (χ1n) is 7.85. The van der Waals surface area contributed by atoms with Crippen LogP contribution in [0.4, 0.5) is 0 Å². The van der Waals surface area contributed by atoms with Crippen LogP contribution in [-0.2, 0) is 4.74 Å². The standard InChI is InChI=1S/C15H31N3O.HI/c1-4-13(2)18-15(16-3)17-11-8-12-19-14-9-6-5-7-10-14;/h13-14H,4-12H2,1-3H3,(H2,16,17,18);1H. The Hall–Kier alpha value is -0.0400. The number of nitrogens with zero attached hydrogens (tertiary/aromatic N) is 1. The van der Waals surface area contributed by atoms with Crippen LogP contribution in [0.25, 0.3) is 0 Å². The summed E-state index contributed by atoms with van der Waals surface area (Å²) in [5, 5.41) is 6.69. The molecule has 5 heteroatoms. The van der Waals surface area contributed by atoms with Crippen molar-refractivity contribution < 1.29 is 4.74 Å². The van der Waals surface area contributed by atoms with Crippen molar-refractivity contribution in [2.24, 2.45) is 4.99 Å². The molecule has 120 valence electrons. The summed E-state index contributed by atoms with van der Waals surface area (Å²) in [6.45, 7) is 6.11. The minimum absolute atomic E-state index is 0. The Morgan fingerprint density at radius 2 is 2.00 bits per heavy atom. The van der Waals surface area contributed by atoms with Gasteiger partial charge < -0.3 is 15.4 Å². The van der Waals surface area contributed by atoms with Crippen LogP contribution < -0.4 is 10.6 Å². The van der Waals surface area contributed by atoms with E-state index >= 15 is 0 Å². The van der Waals surface area contributed by atoms with Crippen molar-refractivity contribution in [3.63, 3.8) is 0 Å². The summed E-state index contributed by atoms with van der Waals surface area (Å²) in [4.78, 5) is 4.22. The molecule has 1 saturated carbocycles. The first-order valence-corrected chi connectivity index (χ1v) is 7.85. The number of aliphatic imine (C=N–C) groups is 1. The van der Waals surface area contributed by atoms with Gasteiger partial charge in [-0.15, -0.1) is 24.0 Å². The molecule has 20 heavy (non-hydrogen) atoms.